The largest absolute Gasteiger partial charge is 0.332 e. The van der Waals surface area contributed by atoms with E-state index in [1.165, 1.54) is 12.8 Å². The second-order valence-corrected chi connectivity index (χ2v) is 5.46. The summed E-state index contributed by atoms with van der Waals surface area (Å²) in [5.74, 6) is -0.0645. The Balaban J connectivity index is 2.25. The second-order valence-electron chi connectivity index (χ2n) is 5.46. The highest BCUT2D eigenvalue weighted by Gasteiger charge is 2.39. The molecule has 0 aliphatic carbocycles. The van der Waals surface area contributed by atoms with Crippen molar-refractivity contribution in [2.75, 3.05) is 6.54 Å². The van der Waals surface area contributed by atoms with E-state index in [9.17, 15) is 14.4 Å². The minimum absolute atomic E-state index is 0.0161. The van der Waals surface area contributed by atoms with E-state index in [0.717, 1.165) is 12.5 Å². The molecule has 0 N–H and O–H groups in total. The summed E-state index contributed by atoms with van der Waals surface area (Å²) in [4.78, 5) is 35.5. The van der Waals surface area contributed by atoms with E-state index >= 15 is 0 Å². The summed E-state index contributed by atoms with van der Waals surface area (Å²) in [6.07, 6.45) is 2.65. The Morgan fingerprint density at radius 2 is 2.00 bits per heavy atom. The summed E-state index contributed by atoms with van der Waals surface area (Å²) >= 11 is 0. The molecular formula is C16H19BNO3. The second kappa shape index (κ2) is 7.20. The highest BCUT2D eigenvalue weighted by Crippen LogP contribution is 2.37. The van der Waals surface area contributed by atoms with Crippen LogP contribution in [0, 0.1) is 5.92 Å². The number of nitrogens with zero attached hydrogens (tertiary/aromatic N) is 1. The van der Waals surface area contributed by atoms with Crippen molar-refractivity contribution in [1.82, 2.24) is 4.90 Å². The molecule has 1 fully saturated rings. The number of piperidine rings is 1. The standard InChI is InChI=1S/C16H19BNO3/c1-12-15(13-5-3-2-4-6-13)9-14(10-17-11-20)16(21)18(12)7-8-19/h2-6,8,11-12,14-15H,7,9-10H2,1H3. The molecule has 1 aromatic rings. The van der Waals surface area contributed by atoms with Gasteiger partial charge in [0.2, 0.25) is 5.91 Å². The number of likely N-dealkylation sites (tertiary alicyclic amines) is 1. The lowest BCUT2D eigenvalue weighted by atomic mass is 9.66. The van der Waals surface area contributed by atoms with E-state index in [1.807, 2.05) is 25.1 Å². The van der Waals surface area contributed by atoms with Gasteiger partial charge in [0.15, 0.2) is 7.28 Å². The van der Waals surface area contributed by atoms with Gasteiger partial charge in [0.25, 0.3) is 0 Å². The predicted octanol–water partition coefficient (Wildman–Crippen LogP) is 1.52. The number of hydrogen-bond donors (Lipinski definition) is 0. The van der Waals surface area contributed by atoms with Gasteiger partial charge in [-0.25, -0.2) is 0 Å². The number of carbonyl (C=O) groups excluding carboxylic acids is 3. The van der Waals surface area contributed by atoms with Crippen LogP contribution in [0.3, 0.4) is 0 Å². The molecule has 109 valence electrons. The van der Waals surface area contributed by atoms with Gasteiger partial charge >= 0.3 is 0 Å². The minimum atomic E-state index is -0.225. The van der Waals surface area contributed by atoms with Gasteiger partial charge in [-0.3, -0.25) is 4.79 Å². The van der Waals surface area contributed by atoms with Crippen molar-refractivity contribution < 1.29 is 14.4 Å². The van der Waals surface area contributed by atoms with E-state index in [2.05, 4.69) is 12.1 Å². The van der Waals surface area contributed by atoms with Crippen LogP contribution in [0.4, 0.5) is 0 Å². The molecule has 0 saturated carbocycles. The van der Waals surface area contributed by atoms with Crippen LogP contribution < -0.4 is 0 Å². The minimum Gasteiger partial charge on any atom is -0.332 e. The van der Waals surface area contributed by atoms with Crippen molar-refractivity contribution in [3.63, 3.8) is 0 Å². The molecule has 1 aliphatic rings. The molecule has 2 rings (SSSR count). The molecule has 1 saturated heterocycles. The number of carbonyl (C=O) groups is 3. The zero-order valence-electron chi connectivity index (χ0n) is 12.1. The zero-order chi connectivity index (χ0) is 15.2. The Hall–Kier alpha value is -1.91. The Kier molecular flexibility index (Phi) is 5.31. The highest BCUT2D eigenvalue weighted by atomic mass is 16.2. The van der Waals surface area contributed by atoms with Crippen LogP contribution in [0.15, 0.2) is 30.3 Å². The highest BCUT2D eigenvalue weighted by molar-refractivity contribution is 6.66. The number of rotatable bonds is 6. The van der Waals surface area contributed by atoms with Crippen molar-refractivity contribution in [3.8, 4) is 0 Å². The molecule has 4 nitrogen and oxygen atoms in total. The smallest absolute Gasteiger partial charge is 0.225 e. The molecule has 0 spiro atoms. The normalized spacial score (nSPS) is 25.5. The van der Waals surface area contributed by atoms with Crippen LogP contribution in [-0.4, -0.2) is 43.1 Å². The van der Waals surface area contributed by atoms with Gasteiger partial charge < -0.3 is 14.5 Å². The molecule has 3 atom stereocenters. The van der Waals surface area contributed by atoms with Gasteiger partial charge in [-0.05, 0) is 18.9 Å². The summed E-state index contributed by atoms with van der Waals surface area (Å²) < 4.78 is 0. The SMILES string of the molecule is CC1C(c2ccccc2)CC(C[B]C=O)C(=O)N1CC=O. The van der Waals surface area contributed by atoms with Crippen molar-refractivity contribution in [2.45, 2.75) is 31.6 Å². The summed E-state index contributed by atoms with van der Waals surface area (Å²) in [5, 5.41) is 0. The predicted molar refractivity (Wildman–Crippen MR) is 81.8 cm³/mol. The molecular weight excluding hydrogens is 265 g/mol. The number of amides is 1. The third-order valence-corrected chi connectivity index (χ3v) is 4.26. The first-order valence-electron chi connectivity index (χ1n) is 7.25. The van der Waals surface area contributed by atoms with Gasteiger partial charge in [-0.15, -0.1) is 0 Å². The van der Waals surface area contributed by atoms with Crippen molar-refractivity contribution in [1.29, 1.82) is 0 Å². The van der Waals surface area contributed by atoms with E-state index < -0.39 is 0 Å². The number of benzene rings is 1. The van der Waals surface area contributed by atoms with E-state index in [-0.39, 0.29) is 30.3 Å². The fourth-order valence-corrected chi connectivity index (χ4v) is 3.12. The Bertz CT molecular complexity index is 506. The molecule has 0 bridgehead atoms. The average molecular weight is 284 g/mol. The molecule has 5 heteroatoms. The van der Waals surface area contributed by atoms with Crippen LogP contribution in [-0.2, 0) is 14.4 Å². The molecule has 1 radical (unpaired) electrons. The maximum atomic E-state index is 12.4. The van der Waals surface area contributed by atoms with Crippen molar-refractivity contribution in [2.24, 2.45) is 5.92 Å². The number of aldehydes is 1. The first-order valence-corrected chi connectivity index (χ1v) is 7.25. The summed E-state index contributed by atoms with van der Waals surface area (Å²) in [6.45, 7) is 2.10. The van der Waals surface area contributed by atoms with Gasteiger partial charge in [0, 0.05) is 17.9 Å². The molecule has 1 aromatic carbocycles. The third kappa shape index (κ3) is 3.41. The van der Waals surface area contributed by atoms with E-state index in [0.29, 0.717) is 12.7 Å². The van der Waals surface area contributed by atoms with Gasteiger partial charge in [-0.1, -0.05) is 36.7 Å². The topological polar surface area (TPSA) is 54.5 Å². The van der Waals surface area contributed by atoms with E-state index in [4.69, 9.17) is 0 Å². The van der Waals surface area contributed by atoms with Crippen LogP contribution in [0.5, 0.6) is 0 Å². The van der Waals surface area contributed by atoms with Gasteiger partial charge in [0.05, 0.1) is 12.7 Å². The molecule has 3 unspecified atom stereocenters. The molecule has 21 heavy (non-hydrogen) atoms. The lowest BCUT2D eigenvalue weighted by Crippen LogP contribution is -2.51. The van der Waals surface area contributed by atoms with Crippen molar-refractivity contribution >= 4 is 25.7 Å². The first kappa shape index (κ1) is 15.5. The first-order chi connectivity index (χ1) is 10.2. The average Bonchev–Trinajstić information content (AvgIpc) is 2.51. The van der Waals surface area contributed by atoms with E-state index in [1.54, 1.807) is 4.90 Å². The fraction of sp³-hybridized carbons (Fsp3) is 0.438. The third-order valence-electron chi connectivity index (χ3n) is 4.26. The quantitative estimate of drug-likeness (QED) is 0.588. The lowest BCUT2D eigenvalue weighted by Gasteiger charge is -2.42. The zero-order valence-corrected chi connectivity index (χ0v) is 12.1. The number of hydrogen-bond acceptors (Lipinski definition) is 3. The Morgan fingerprint density at radius 3 is 2.62 bits per heavy atom. The summed E-state index contributed by atoms with van der Waals surface area (Å²) in [5.41, 5.74) is 1.17. The van der Waals surface area contributed by atoms with Crippen LogP contribution in [0.1, 0.15) is 24.8 Å². The summed E-state index contributed by atoms with van der Waals surface area (Å²) in [7, 11) is 1.49. The fourth-order valence-electron chi connectivity index (χ4n) is 3.12. The lowest BCUT2D eigenvalue weighted by molar-refractivity contribution is -0.143. The van der Waals surface area contributed by atoms with Crippen LogP contribution in [0.2, 0.25) is 6.32 Å². The maximum absolute atomic E-state index is 12.4. The Morgan fingerprint density at radius 1 is 1.29 bits per heavy atom. The van der Waals surface area contributed by atoms with Crippen LogP contribution in [0.25, 0.3) is 0 Å². The van der Waals surface area contributed by atoms with Gasteiger partial charge in [0.1, 0.15) is 6.29 Å². The molecule has 1 amide bonds. The van der Waals surface area contributed by atoms with Crippen molar-refractivity contribution in [3.05, 3.63) is 35.9 Å². The maximum Gasteiger partial charge on any atom is 0.225 e. The molecule has 1 aliphatic heterocycles. The Labute approximate surface area is 125 Å². The van der Waals surface area contributed by atoms with Gasteiger partial charge in [-0.2, -0.15) is 0 Å². The molecule has 1 heterocycles. The molecule has 0 aromatic heterocycles. The summed E-state index contributed by atoms with van der Waals surface area (Å²) in [6, 6.07) is 10.0. The monoisotopic (exact) mass is 284 g/mol. The van der Waals surface area contributed by atoms with Crippen LogP contribution >= 0.6 is 0 Å².